The number of methoxy groups -OCH3 is 1. The summed E-state index contributed by atoms with van der Waals surface area (Å²) in [6, 6.07) is 32.9. The van der Waals surface area contributed by atoms with Gasteiger partial charge in [-0.15, -0.1) is 0 Å². The van der Waals surface area contributed by atoms with Gasteiger partial charge in [-0.2, -0.15) is 5.10 Å². The molecule has 0 bridgehead atoms. The molecule has 6 rings (SSSR count). The number of hydrazone groups is 1. The molecule has 0 saturated heterocycles. The second-order valence-electron chi connectivity index (χ2n) is 9.12. The summed E-state index contributed by atoms with van der Waals surface area (Å²) in [5.74, 6) is 1.38. The molecule has 2 heterocycles. The van der Waals surface area contributed by atoms with Gasteiger partial charge in [0.1, 0.15) is 5.75 Å². The molecule has 0 N–H and O–H groups in total. The monoisotopic (exact) mass is 548 g/mol. The van der Waals surface area contributed by atoms with E-state index in [4.69, 9.17) is 19.8 Å². The maximum atomic E-state index is 5.66. The normalized spacial score (nSPS) is 15.2. The molecule has 37 heavy (non-hydrogen) atoms. The molecular weight excluding hydrogens is 524 g/mol. The van der Waals surface area contributed by atoms with Gasteiger partial charge in [0, 0.05) is 27.4 Å². The molecule has 182 valence electrons. The molecule has 6 heteroatoms. The predicted molar refractivity (Wildman–Crippen MR) is 153 cm³/mol. The van der Waals surface area contributed by atoms with Crippen molar-refractivity contribution >= 4 is 38.5 Å². The van der Waals surface area contributed by atoms with Gasteiger partial charge in [-0.25, -0.2) is 15.0 Å². The van der Waals surface area contributed by atoms with Crippen LogP contribution in [0.25, 0.3) is 22.2 Å². The Morgan fingerprint density at radius 1 is 0.865 bits per heavy atom. The van der Waals surface area contributed by atoms with Crippen molar-refractivity contribution in [1.82, 2.24) is 9.97 Å². The van der Waals surface area contributed by atoms with Crippen LogP contribution in [0.3, 0.4) is 0 Å². The molecule has 1 atom stereocenters. The van der Waals surface area contributed by atoms with Crippen molar-refractivity contribution in [3.8, 4) is 17.0 Å². The fraction of sp³-hybridized carbons (Fsp3) is 0.129. The quantitative estimate of drug-likeness (QED) is 0.225. The lowest BCUT2D eigenvalue weighted by molar-refractivity contribution is 0.414. The molecule has 4 aromatic carbocycles. The third-order valence-corrected chi connectivity index (χ3v) is 7.20. The Morgan fingerprint density at radius 3 is 2.41 bits per heavy atom. The summed E-state index contributed by atoms with van der Waals surface area (Å²) in [5, 5.41) is 8.11. The van der Waals surface area contributed by atoms with E-state index in [9.17, 15) is 0 Å². The highest BCUT2D eigenvalue weighted by atomic mass is 79.9. The molecule has 1 aliphatic rings. The number of benzene rings is 4. The minimum Gasteiger partial charge on any atom is -0.496 e. The Labute approximate surface area is 224 Å². The first-order valence-electron chi connectivity index (χ1n) is 12.2. The molecule has 1 unspecified atom stereocenters. The summed E-state index contributed by atoms with van der Waals surface area (Å²) in [7, 11) is 1.69. The molecule has 1 aliphatic heterocycles. The van der Waals surface area contributed by atoms with Gasteiger partial charge < -0.3 is 4.74 Å². The van der Waals surface area contributed by atoms with E-state index in [1.54, 1.807) is 7.11 Å². The van der Waals surface area contributed by atoms with Gasteiger partial charge in [-0.3, -0.25) is 0 Å². The number of hydrogen-bond acceptors (Lipinski definition) is 5. The van der Waals surface area contributed by atoms with E-state index in [0.717, 1.165) is 49.2 Å². The minimum atomic E-state index is -0.0560. The largest absolute Gasteiger partial charge is 0.496 e. The Bertz CT molecular complexity index is 1620. The fourth-order valence-corrected chi connectivity index (χ4v) is 5.10. The molecule has 5 aromatic rings. The molecule has 0 amide bonds. The SMILES string of the molecule is COc1ccccc1C1=NN(c2nc(-c3ccccc3)c3cc(C)ccc3n2)C(c2ccc(Br)cc2)C1. The molecular formula is C31H25BrN4O. The van der Waals surface area contributed by atoms with Crippen LogP contribution in [0.2, 0.25) is 0 Å². The van der Waals surface area contributed by atoms with Crippen molar-refractivity contribution in [3.05, 3.63) is 118 Å². The van der Waals surface area contributed by atoms with Crippen molar-refractivity contribution in [2.24, 2.45) is 5.10 Å². The first-order valence-corrected chi connectivity index (χ1v) is 13.0. The second kappa shape index (κ2) is 9.79. The summed E-state index contributed by atoms with van der Waals surface area (Å²) in [6.07, 6.45) is 0.706. The van der Waals surface area contributed by atoms with Crippen molar-refractivity contribution in [2.75, 3.05) is 12.1 Å². The van der Waals surface area contributed by atoms with Gasteiger partial charge in [-0.05, 0) is 48.9 Å². The summed E-state index contributed by atoms with van der Waals surface area (Å²) in [6.45, 7) is 2.09. The van der Waals surface area contributed by atoms with Gasteiger partial charge in [0.05, 0.1) is 30.1 Å². The van der Waals surface area contributed by atoms with Crippen molar-refractivity contribution in [2.45, 2.75) is 19.4 Å². The summed E-state index contributed by atoms with van der Waals surface area (Å²) in [4.78, 5) is 10.1. The molecule has 0 spiro atoms. The maximum Gasteiger partial charge on any atom is 0.247 e. The Morgan fingerprint density at radius 2 is 1.62 bits per heavy atom. The van der Waals surface area contributed by atoms with Gasteiger partial charge in [-0.1, -0.05) is 82.2 Å². The number of aryl methyl sites for hydroxylation is 1. The van der Waals surface area contributed by atoms with Crippen molar-refractivity contribution < 1.29 is 4.74 Å². The predicted octanol–water partition coefficient (Wildman–Crippen LogP) is 7.73. The fourth-order valence-electron chi connectivity index (χ4n) is 4.83. The average molecular weight is 549 g/mol. The number of halogens is 1. The van der Waals surface area contributed by atoms with E-state index in [0.29, 0.717) is 12.4 Å². The van der Waals surface area contributed by atoms with Crippen molar-refractivity contribution in [1.29, 1.82) is 0 Å². The highest BCUT2D eigenvalue weighted by Gasteiger charge is 2.33. The van der Waals surface area contributed by atoms with Gasteiger partial charge in [0.25, 0.3) is 0 Å². The number of anilines is 1. The van der Waals surface area contributed by atoms with Gasteiger partial charge in [0.15, 0.2) is 0 Å². The molecule has 0 fully saturated rings. The molecule has 0 saturated carbocycles. The second-order valence-corrected chi connectivity index (χ2v) is 10.0. The molecule has 0 aliphatic carbocycles. The van der Waals surface area contributed by atoms with Crippen LogP contribution < -0.4 is 9.75 Å². The third-order valence-electron chi connectivity index (χ3n) is 6.67. The van der Waals surface area contributed by atoms with E-state index < -0.39 is 0 Å². The number of para-hydroxylation sites is 1. The summed E-state index contributed by atoms with van der Waals surface area (Å²) >= 11 is 3.57. The van der Waals surface area contributed by atoms with Gasteiger partial charge >= 0.3 is 0 Å². The van der Waals surface area contributed by atoms with E-state index in [-0.39, 0.29) is 6.04 Å². The van der Waals surface area contributed by atoms with Crippen LogP contribution in [0.5, 0.6) is 5.75 Å². The zero-order valence-electron chi connectivity index (χ0n) is 20.6. The van der Waals surface area contributed by atoms with Gasteiger partial charge in [0.2, 0.25) is 5.95 Å². The summed E-state index contributed by atoms with van der Waals surface area (Å²) < 4.78 is 6.70. The third kappa shape index (κ3) is 4.49. The van der Waals surface area contributed by atoms with E-state index in [2.05, 4.69) is 83.5 Å². The first kappa shape index (κ1) is 23.4. The van der Waals surface area contributed by atoms with E-state index in [1.165, 1.54) is 5.56 Å². The van der Waals surface area contributed by atoms with Crippen LogP contribution in [0, 0.1) is 6.92 Å². The number of nitrogens with zero attached hydrogens (tertiary/aromatic N) is 4. The zero-order valence-corrected chi connectivity index (χ0v) is 22.2. The Hall–Kier alpha value is -4.03. The maximum absolute atomic E-state index is 5.66. The summed E-state index contributed by atoms with van der Waals surface area (Å²) in [5.41, 5.74) is 7.09. The lowest BCUT2D eigenvalue weighted by Crippen LogP contribution is -2.21. The molecule has 0 radical (unpaired) electrons. The lowest BCUT2D eigenvalue weighted by atomic mass is 9.98. The Balaban J connectivity index is 1.55. The zero-order chi connectivity index (χ0) is 25.4. The highest BCUT2D eigenvalue weighted by Crippen LogP contribution is 2.39. The average Bonchev–Trinajstić information content (AvgIpc) is 3.39. The van der Waals surface area contributed by atoms with Crippen LogP contribution in [0.1, 0.15) is 29.2 Å². The number of aromatic nitrogens is 2. The standard InChI is InChI=1S/C31H25BrN4O/c1-20-12-17-26-25(18-20)30(22-8-4-3-5-9-22)34-31(33-26)36-28(21-13-15-23(32)16-14-21)19-27(35-36)24-10-6-7-11-29(24)37-2/h3-18,28H,19H2,1-2H3. The highest BCUT2D eigenvalue weighted by molar-refractivity contribution is 9.10. The van der Waals surface area contributed by atoms with Crippen LogP contribution >= 0.6 is 15.9 Å². The first-order chi connectivity index (χ1) is 18.1. The smallest absolute Gasteiger partial charge is 0.247 e. The van der Waals surface area contributed by atoms with E-state index in [1.807, 2.05) is 41.4 Å². The number of fused-ring (bicyclic) bond motifs is 1. The minimum absolute atomic E-state index is 0.0560. The lowest BCUT2D eigenvalue weighted by Gasteiger charge is -2.23. The van der Waals surface area contributed by atoms with Crippen LogP contribution in [-0.2, 0) is 0 Å². The number of ether oxygens (including phenoxy) is 1. The number of hydrogen-bond donors (Lipinski definition) is 0. The molecule has 1 aromatic heterocycles. The van der Waals surface area contributed by atoms with Crippen LogP contribution in [-0.4, -0.2) is 22.8 Å². The number of rotatable bonds is 5. The van der Waals surface area contributed by atoms with E-state index >= 15 is 0 Å². The topological polar surface area (TPSA) is 50.6 Å². The molecule has 5 nitrogen and oxygen atoms in total. The Kier molecular flexibility index (Phi) is 6.18. The van der Waals surface area contributed by atoms with Crippen LogP contribution in [0.4, 0.5) is 5.95 Å². The van der Waals surface area contributed by atoms with Crippen LogP contribution in [0.15, 0.2) is 107 Å². The van der Waals surface area contributed by atoms with Crippen molar-refractivity contribution in [3.63, 3.8) is 0 Å².